The molecule has 2 amide bonds. The molecule has 1 aliphatic rings. The Morgan fingerprint density at radius 3 is 2.22 bits per heavy atom. The number of urea groups is 1. The zero-order valence-corrected chi connectivity index (χ0v) is 12.7. The zero-order chi connectivity index (χ0) is 13.8. The molecule has 1 rings (SSSR count). The predicted octanol–water partition coefficient (Wildman–Crippen LogP) is 3.69. The van der Waals surface area contributed by atoms with Crippen LogP contribution in [-0.2, 0) is 0 Å². The van der Waals surface area contributed by atoms with Crippen LogP contribution in [0.3, 0.4) is 0 Å². The third kappa shape index (κ3) is 4.87. The number of hydrogen-bond donors (Lipinski definition) is 2. The molecule has 0 aromatic rings. The van der Waals surface area contributed by atoms with E-state index in [4.69, 9.17) is 0 Å². The van der Waals surface area contributed by atoms with Gasteiger partial charge in [0.2, 0.25) is 0 Å². The van der Waals surface area contributed by atoms with E-state index in [1.807, 2.05) is 6.92 Å². The van der Waals surface area contributed by atoms with Gasteiger partial charge in [-0.3, -0.25) is 0 Å². The monoisotopic (exact) mass is 254 g/mol. The minimum absolute atomic E-state index is 0.00330. The molecule has 0 bridgehead atoms. The minimum atomic E-state index is 0.00330. The maximum absolute atomic E-state index is 11.7. The molecule has 0 aromatic carbocycles. The molecule has 1 fully saturated rings. The average molecular weight is 254 g/mol. The van der Waals surface area contributed by atoms with E-state index in [1.165, 1.54) is 12.8 Å². The van der Waals surface area contributed by atoms with Crippen molar-refractivity contribution in [1.82, 2.24) is 10.6 Å². The lowest BCUT2D eigenvalue weighted by atomic mass is 9.71. The van der Waals surface area contributed by atoms with Gasteiger partial charge in [-0.25, -0.2) is 4.79 Å². The lowest BCUT2D eigenvalue weighted by Gasteiger charge is -2.37. The Balaban J connectivity index is 2.29. The first-order valence-corrected chi connectivity index (χ1v) is 7.40. The van der Waals surface area contributed by atoms with Crippen LogP contribution in [0, 0.1) is 11.3 Å². The fraction of sp³-hybridized carbons (Fsp3) is 0.933. The van der Waals surface area contributed by atoms with Gasteiger partial charge in [0, 0.05) is 12.1 Å². The third-order valence-electron chi connectivity index (χ3n) is 4.28. The van der Waals surface area contributed by atoms with Gasteiger partial charge in [0.05, 0.1) is 0 Å². The Labute approximate surface area is 112 Å². The summed E-state index contributed by atoms with van der Waals surface area (Å²) >= 11 is 0. The lowest BCUT2D eigenvalue weighted by Crippen LogP contribution is -2.46. The van der Waals surface area contributed by atoms with Gasteiger partial charge in [-0.05, 0) is 50.4 Å². The highest BCUT2D eigenvalue weighted by Crippen LogP contribution is 2.37. The minimum Gasteiger partial charge on any atom is -0.336 e. The second-order valence-corrected chi connectivity index (χ2v) is 6.84. The second-order valence-electron chi connectivity index (χ2n) is 6.84. The maximum atomic E-state index is 11.7. The summed E-state index contributed by atoms with van der Waals surface area (Å²) in [5.41, 5.74) is 0.407. The molecule has 0 unspecified atom stereocenters. The fourth-order valence-electron chi connectivity index (χ4n) is 2.66. The number of carbonyl (C=O) groups excluding carboxylic acids is 1. The van der Waals surface area contributed by atoms with E-state index < -0.39 is 0 Å². The van der Waals surface area contributed by atoms with Crippen LogP contribution in [-0.4, -0.2) is 18.1 Å². The maximum Gasteiger partial charge on any atom is 0.315 e. The molecule has 0 spiro atoms. The average Bonchev–Trinajstić information content (AvgIpc) is 2.28. The molecule has 1 saturated carbocycles. The van der Waals surface area contributed by atoms with E-state index in [0.29, 0.717) is 11.5 Å². The van der Waals surface area contributed by atoms with E-state index >= 15 is 0 Å². The van der Waals surface area contributed by atoms with Gasteiger partial charge < -0.3 is 10.6 Å². The summed E-state index contributed by atoms with van der Waals surface area (Å²) in [7, 11) is 0. The van der Waals surface area contributed by atoms with E-state index in [9.17, 15) is 4.79 Å². The Hall–Kier alpha value is -0.730. The van der Waals surface area contributed by atoms with Gasteiger partial charge in [0.1, 0.15) is 0 Å². The summed E-state index contributed by atoms with van der Waals surface area (Å²) in [5, 5.41) is 6.07. The van der Waals surface area contributed by atoms with Crippen LogP contribution in [0.5, 0.6) is 0 Å². The van der Waals surface area contributed by atoms with Gasteiger partial charge in [0.25, 0.3) is 0 Å². The molecule has 18 heavy (non-hydrogen) atoms. The smallest absolute Gasteiger partial charge is 0.315 e. The highest BCUT2D eigenvalue weighted by atomic mass is 16.2. The molecule has 1 aliphatic carbocycles. The summed E-state index contributed by atoms with van der Waals surface area (Å²) < 4.78 is 0. The van der Waals surface area contributed by atoms with Gasteiger partial charge in [-0.2, -0.15) is 0 Å². The zero-order valence-electron chi connectivity index (χ0n) is 12.7. The van der Waals surface area contributed by atoms with Crippen LogP contribution in [0.25, 0.3) is 0 Å². The van der Waals surface area contributed by atoms with Gasteiger partial charge in [-0.15, -0.1) is 0 Å². The van der Waals surface area contributed by atoms with Crippen LogP contribution in [0.15, 0.2) is 0 Å². The predicted molar refractivity (Wildman–Crippen MR) is 76.6 cm³/mol. The molecule has 3 nitrogen and oxygen atoms in total. The number of carbonyl (C=O) groups is 1. The Bertz CT molecular complexity index is 262. The van der Waals surface area contributed by atoms with Crippen molar-refractivity contribution in [2.24, 2.45) is 11.3 Å². The number of nitrogens with one attached hydrogen (secondary N) is 2. The van der Waals surface area contributed by atoms with Gasteiger partial charge >= 0.3 is 6.03 Å². The summed E-state index contributed by atoms with van der Waals surface area (Å²) in [4.78, 5) is 11.7. The van der Waals surface area contributed by atoms with Crippen molar-refractivity contribution in [3.05, 3.63) is 0 Å². The van der Waals surface area contributed by atoms with Crippen LogP contribution >= 0.6 is 0 Å². The molecule has 0 aromatic heterocycles. The number of hydrogen-bond acceptors (Lipinski definition) is 1. The Morgan fingerprint density at radius 2 is 1.78 bits per heavy atom. The summed E-state index contributed by atoms with van der Waals surface area (Å²) in [6, 6.07) is 0.632. The standard InChI is InChI=1S/C15H30N2O/c1-6-11(2)16-14(18)17-13-9-7-12(8-10-13)15(3,4)5/h11-13H,6-10H2,1-5H3,(H2,16,17,18)/t11-,12?,13?/m0/s1. The summed E-state index contributed by atoms with van der Waals surface area (Å²) in [5.74, 6) is 0.799. The third-order valence-corrected chi connectivity index (χ3v) is 4.28. The first-order valence-electron chi connectivity index (χ1n) is 7.40. The molecule has 3 heteroatoms. The number of amides is 2. The first kappa shape index (κ1) is 15.3. The van der Waals surface area contributed by atoms with E-state index in [2.05, 4.69) is 38.3 Å². The van der Waals surface area contributed by atoms with Crippen molar-refractivity contribution in [3.63, 3.8) is 0 Å². The highest BCUT2D eigenvalue weighted by Gasteiger charge is 2.30. The van der Waals surface area contributed by atoms with Crippen LogP contribution in [0.1, 0.15) is 66.7 Å². The molecule has 0 heterocycles. The first-order chi connectivity index (χ1) is 8.32. The largest absolute Gasteiger partial charge is 0.336 e. The van der Waals surface area contributed by atoms with Crippen molar-refractivity contribution in [1.29, 1.82) is 0 Å². The van der Waals surface area contributed by atoms with E-state index in [1.54, 1.807) is 0 Å². The van der Waals surface area contributed by atoms with Crippen molar-refractivity contribution in [2.75, 3.05) is 0 Å². The molecule has 2 N–H and O–H groups in total. The Kier molecular flexibility index (Phi) is 5.48. The molecule has 0 aliphatic heterocycles. The molecular formula is C15H30N2O. The van der Waals surface area contributed by atoms with Gasteiger partial charge in [-0.1, -0.05) is 27.7 Å². The van der Waals surface area contributed by atoms with Gasteiger partial charge in [0.15, 0.2) is 0 Å². The SMILES string of the molecule is CC[C@H](C)NC(=O)NC1CCC(C(C)(C)C)CC1. The van der Waals surface area contributed by atoms with Crippen molar-refractivity contribution < 1.29 is 4.79 Å². The van der Waals surface area contributed by atoms with Crippen molar-refractivity contribution in [3.8, 4) is 0 Å². The van der Waals surface area contributed by atoms with Crippen LogP contribution in [0.2, 0.25) is 0 Å². The highest BCUT2D eigenvalue weighted by molar-refractivity contribution is 5.74. The van der Waals surface area contributed by atoms with Crippen molar-refractivity contribution >= 4 is 6.03 Å². The quantitative estimate of drug-likeness (QED) is 0.792. The molecule has 106 valence electrons. The molecule has 0 radical (unpaired) electrons. The lowest BCUT2D eigenvalue weighted by molar-refractivity contribution is 0.160. The van der Waals surface area contributed by atoms with Crippen LogP contribution in [0.4, 0.5) is 4.79 Å². The Morgan fingerprint density at radius 1 is 1.22 bits per heavy atom. The summed E-state index contributed by atoms with van der Waals surface area (Å²) in [6.07, 6.45) is 5.69. The van der Waals surface area contributed by atoms with E-state index in [0.717, 1.165) is 25.2 Å². The van der Waals surface area contributed by atoms with E-state index in [-0.39, 0.29) is 12.1 Å². The topological polar surface area (TPSA) is 41.1 Å². The molecular weight excluding hydrogens is 224 g/mol. The molecule has 0 saturated heterocycles. The second kappa shape index (κ2) is 6.44. The fourth-order valence-corrected chi connectivity index (χ4v) is 2.66. The molecule has 1 atom stereocenters. The number of rotatable bonds is 3. The van der Waals surface area contributed by atoms with Crippen molar-refractivity contribution in [2.45, 2.75) is 78.8 Å². The van der Waals surface area contributed by atoms with Crippen LogP contribution < -0.4 is 10.6 Å². The normalized spacial score (nSPS) is 26.5. The summed E-state index contributed by atoms with van der Waals surface area (Å²) in [6.45, 7) is 11.1.